The van der Waals surface area contributed by atoms with Crippen molar-refractivity contribution in [2.45, 2.75) is 20.1 Å². The summed E-state index contributed by atoms with van der Waals surface area (Å²) in [4.78, 5) is 8.63. The van der Waals surface area contributed by atoms with Crippen molar-refractivity contribution in [3.05, 3.63) is 52.7 Å². The van der Waals surface area contributed by atoms with Gasteiger partial charge in [-0.25, -0.2) is 9.97 Å². The Morgan fingerprint density at radius 3 is 2.65 bits per heavy atom. The summed E-state index contributed by atoms with van der Waals surface area (Å²) in [7, 11) is 0. The summed E-state index contributed by atoms with van der Waals surface area (Å²) in [6.45, 7) is 2.84. The molecule has 0 aliphatic carbocycles. The summed E-state index contributed by atoms with van der Waals surface area (Å²) in [6, 6.07) is 7.89. The molecule has 2 heterocycles. The van der Waals surface area contributed by atoms with E-state index in [1.54, 1.807) is 17.7 Å². The van der Waals surface area contributed by atoms with Crippen molar-refractivity contribution in [2.75, 3.05) is 5.32 Å². The molecule has 0 bridgehead atoms. The number of nitrogens with one attached hydrogen (secondary N) is 1. The molecule has 0 spiro atoms. The topological polar surface area (TPSA) is 58.0 Å². The number of aryl methyl sites for hydroxylation is 1. The lowest BCUT2D eigenvalue weighted by atomic mass is 10.1. The second kappa shape index (κ2) is 5.56. The van der Waals surface area contributed by atoms with Crippen LogP contribution in [0.15, 0.2) is 36.0 Å². The van der Waals surface area contributed by atoms with E-state index in [4.69, 9.17) is 5.11 Å². The molecular formula is C15H15N3OS. The first kappa shape index (κ1) is 13.0. The number of aromatic nitrogens is 2. The van der Waals surface area contributed by atoms with E-state index in [0.717, 1.165) is 27.2 Å². The van der Waals surface area contributed by atoms with Crippen molar-refractivity contribution in [1.82, 2.24) is 9.97 Å². The number of thiophene rings is 1. The predicted octanol–water partition coefficient (Wildman–Crippen LogP) is 3.10. The van der Waals surface area contributed by atoms with E-state index in [9.17, 15) is 0 Å². The fourth-order valence-electron chi connectivity index (χ4n) is 2.04. The van der Waals surface area contributed by atoms with Crippen molar-refractivity contribution >= 4 is 27.4 Å². The van der Waals surface area contributed by atoms with Gasteiger partial charge in [0.25, 0.3) is 0 Å². The highest BCUT2D eigenvalue weighted by molar-refractivity contribution is 7.18. The Kier molecular flexibility index (Phi) is 3.62. The van der Waals surface area contributed by atoms with Crippen molar-refractivity contribution in [1.29, 1.82) is 0 Å². The zero-order valence-electron chi connectivity index (χ0n) is 11.1. The molecule has 0 fully saturated rings. The van der Waals surface area contributed by atoms with Crippen LogP contribution in [0.5, 0.6) is 0 Å². The van der Waals surface area contributed by atoms with E-state index in [0.29, 0.717) is 6.54 Å². The number of hydrogen-bond acceptors (Lipinski definition) is 5. The fraction of sp³-hybridized carbons (Fsp3) is 0.200. The van der Waals surface area contributed by atoms with E-state index < -0.39 is 0 Å². The fourth-order valence-corrected chi connectivity index (χ4v) is 3.01. The predicted molar refractivity (Wildman–Crippen MR) is 81.8 cm³/mol. The minimum Gasteiger partial charge on any atom is -0.392 e. The largest absolute Gasteiger partial charge is 0.392 e. The Balaban J connectivity index is 1.79. The van der Waals surface area contributed by atoms with Gasteiger partial charge in [-0.05, 0) is 29.0 Å². The first-order chi connectivity index (χ1) is 9.78. The minimum atomic E-state index is 0.0781. The quantitative estimate of drug-likeness (QED) is 0.773. The van der Waals surface area contributed by atoms with Crippen LogP contribution < -0.4 is 5.32 Å². The van der Waals surface area contributed by atoms with Gasteiger partial charge >= 0.3 is 0 Å². The Morgan fingerprint density at radius 1 is 1.15 bits per heavy atom. The maximum Gasteiger partial charge on any atom is 0.147 e. The molecular weight excluding hydrogens is 270 g/mol. The Bertz CT molecular complexity index is 722. The van der Waals surface area contributed by atoms with E-state index in [-0.39, 0.29) is 6.61 Å². The number of benzene rings is 1. The summed E-state index contributed by atoms with van der Waals surface area (Å²) in [5.41, 5.74) is 4.28. The highest BCUT2D eigenvalue weighted by Gasteiger charge is 2.07. The van der Waals surface area contributed by atoms with E-state index >= 15 is 0 Å². The molecule has 2 N–H and O–H groups in total. The third-order valence-corrected chi connectivity index (χ3v) is 4.29. The molecule has 0 radical (unpaired) electrons. The molecule has 0 unspecified atom stereocenters. The Hall–Kier alpha value is -1.98. The van der Waals surface area contributed by atoms with Crippen LogP contribution in [0.4, 0.5) is 5.82 Å². The highest BCUT2D eigenvalue weighted by atomic mass is 32.1. The summed E-state index contributed by atoms with van der Waals surface area (Å²) in [5.74, 6) is 0.874. The lowest BCUT2D eigenvalue weighted by Gasteiger charge is -2.07. The summed E-state index contributed by atoms with van der Waals surface area (Å²) in [6.07, 6.45) is 1.60. The zero-order chi connectivity index (χ0) is 13.9. The van der Waals surface area contributed by atoms with E-state index in [2.05, 4.69) is 27.6 Å². The molecule has 102 valence electrons. The minimum absolute atomic E-state index is 0.0781. The van der Waals surface area contributed by atoms with Gasteiger partial charge in [-0.3, -0.25) is 0 Å². The smallest absolute Gasteiger partial charge is 0.147 e. The van der Waals surface area contributed by atoms with Gasteiger partial charge in [-0.1, -0.05) is 24.3 Å². The van der Waals surface area contributed by atoms with Gasteiger partial charge in [0.1, 0.15) is 12.1 Å². The monoisotopic (exact) mass is 285 g/mol. The van der Waals surface area contributed by atoms with Crippen molar-refractivity contribution < 1.29 is 5.11 Å². The molecule has 2 aromatic heterocycles. The standard InChI is InChI=1S/C15H15N3OS/c1-10-8-20-14-13(10)17-9-18-15(14)16-6-11-2-4-12(7-19)5-3-11/h2-5,8-9,19H,6-7H2,1H3,(H,16,17,18). The van der Waals surface area contributed by atoms with Crippen molar-refractivity contribution in [3.63, 3.8) is 0 Å². The normalized spacial score (nSPS) is 10.9. The Morgan fingerprint density at radius 2 is 1.90 bits per heavy atom. The van der Waals surface area contributed by atoms with Gasteiger partial charge in [0.2, 0.25) is 0 Å². The first-order valence-electron chi connectivity index (χ1n) is 6.39. The second-order valence-corrected chi connectivity index (χ2v) is 5.53. The van der Waals surface area contributed by atoms with Gasteiger partial charge in [-0.15, -0.1) is 11.3 Å². The number of aliphatic hydroxyl groups is 1. The summed E-state index contributed by atoms with van der Waals surface area (Å²) >= 11 is 1.66. The number of aliphatic hydroxyl groups excluding tert-OH is 1. The molecule has 0 atom stereocenters. The van der Waals surface area contributed by atoms with Crippen LogP contribution in [0.3, 0.4) is 0 Å². The summed E-state index contributed by atoms with van der Waals surface area (Å²) in [5, 5.41) is 14.5. The molecule has 0 aliphatic heterocycles. The van der Waals surface area contributed by atoms with Crippen molar-refractivity contribution in [2.24, 2.45) is 0 Å². The van der Waals surface area contributed by atoms with Crippen LogP contribution in [0, 0.1) is 6.92 Å². The SMILES string of the molecule is Cc1csc2c(NCc3ccc(CO)cc3)ncnc12. The third kappa shape index (κ3) is 2.50. The molecule has 0 saturated carbocycles. The first-order valence-corrected chi connectivity index (χ1v) is 7.27. The lowest BCUT2D eigenvalue weighted by molar-refractivity contribution is 0.282. The van der Waals surface area contributed by atoms with Crippen LogP contribution in [-0.4, -0.2) is 15.1 Å². The summed E-state index contributed by atoms with van der Waals surface area (Å²) < 4.78 is 1.09. The van der Waals surface area contributed by atoms with Gasteiger partial charge in [-0.2, -0.15) is 0 Å². The second-order valence-electron chi connectivity index (χ2n) is 4.65. The van der Waals surface area contributed by atoms with Crippen LogP contribution in [0.25, 0.3) is 10.2 Å². The zero-order valence-corrected chi connectivity index (χ0v) is 11.9. The van der Waals surface area contributed by atoms with Gasteiger partial charge in [0, 0.05) is 6.54 Å². The molecule has 0 aliphatic rings. The molecule has 0 saturated heterocycles. The lowest BCUT2D eigenvalue weighted by Crippen LogP contribution is -2.02. The molecule has 4 nitrogen and oxygen atoms in total. The molecule has 20 heavy (non-hydrogen) atoms. The maximum atomic E-state index is 9.03. The molecule has 3 aromatic rings. The van der Waals surface area contributed by atoms with Crippen LogP contribution in [-0.2, 0) is 13.2 Å². The van der Waals surface area contributed by atoms with Crippen LogP contribution in [0.2, 0.25) is 0 Å². The van der Waals surface area contributed by atoms with Crippen molar-refractivity contribution in [3.8, 4) is 0 Å². The van der Waals surface area contributed by atoms with Crippen LogP contribution >= 0.6 is 11.3 Å². The van der Waals surface area contributed by atoms with Gasteiger partial charge in [0.05, 0.1) is 16.8 Å². The number of fused-ring (bicyclic) bond motifs is 1. The average molecular weight is 285 g/mol. The molecule has 5 heteroatoms. The molecule has 3 rings (SSSR count). The third-order valence-electron chi connectivity index (χ3n) is 3.20. The van der Waals surface area contributed by atoms with E-state index in [1.807, 2.05) is 24.3 Å². The number of nitrogens with zero attached hydrogens (tertiary/aromatic N) is 2. The highest BCUT2D eigenvalue weighted by Crippen LogP contribution is 2.28. The number of hydrogen-bond donors (Lipinski definition) is 2. The Labute approximate surface area is 121 Å². The van der Waals surface area contributed by atoms with Crippen LogP contribution in [0.1, 0.15) is 16.7 Å². The number of anilines is 1. The maximum absolute atomic E-state index is 9.03. The van der Waals surface area contributed by atoms with Gasteiger partial charge < -0.3 is 10.4 Å². The molecule has 1 aromatic carbocycles. The van der Waals surface area contributed by atoms with Gasteiger partial charge in [0.15, 0.2) is 0 Å². The number of rotatable bonds is 4. The average Bonchev–Trinajstić information content (AvgIpc) is 2.88. The molecule has 0 amide bonds. The van der Waals surface area contributed by atoms with E-state index in [1.165, 1.54) is 5.56 Å².